The Morgan fingerprint density at radius 1 is 1.00 bits per heavy atom. The maximum atomic E-state index is 6.04. The van der Waals surface area contributed by atoms with E-state index in [2.05, 4.69) is 17.9 Å². The van der Waals surface area contributed by atoms with Crippen LogP contribution in [0.15, 0.2) is 42.5 Å². The van der Waals surface area contributed by atoms with Gasteiger partial charge in [0.1, 0.15) is 0 Å². The van der Waals surface area contributed by atoms with Crippen LogP contribution in [0.3, 0.4) is 0 Å². The summed E-state index contributed by atoms with van der Waals surface area (Å²) in [6, 6.07) is 16.5. The molecule has 2 rings (SSSR count). The third-order valence-electron chi connectivity index (χ3n) is 2.54. The second kappa shape index (κ2) is 5.44. The maximum Gasteiger partial charge on any atom is 0.0613 e. The summed E-state index contributed by atoms with van der Waals surface area (Å²) in [5, 5.41) is 1.15. The molecule has 0 atom stereocenters. The van der Waals surface area contributed by atoms with E-state index in [-0.39, 0.29) is 0 Å². The zero-order valence-corrected chi connectivity index (χ0v) is 11.0. The fourth-order valence-electron chi connectivity index (χ4n) is 1.73. The van der Waals surface area contributed by atoms with Gasteiger partial charge in [-0.2, -0.15) is 0 Å². The quantitative estimate of drug-likeness (QED) is 0.758. The average Bonchev–Trinajstić information content (AvgIpc) is 2.36. The minimum absolute atomic E-state index is 0.574. The van der Waals surface area contributed by atoms with E-state index in [4.69, 9.17) is 23.2 Å². The molecule has 0 saturated carbocycles. The van der Waals surface area contributed by atoms with Gasteiger partial charge in [0, 0.05) is 17.9 Å². The third kappa shape index (κ3) is 2.74. The SMILES string of the molecule is CCN(c1cc[c]cc1)c1ccc(Cl)c(Cl)c1. The van der Waals surface area contributed by atoms with Crippen LogP contribution in [0.1, 0.15) is 6.92 Å². The van der Waals surface area contributed by atoms with Gasteiger partial charge in [-0.05, 0) is 43.3 Å². The van der Waals surface area contributed by atoms with Crippen LogP contribution in [0.2, 0.25) is 10.0 Å². The molecule has 0 saturated heterocycles. The second-order valence-electron chi connectivity index (χ2n) is 3.60. The largest absolute Gasteiger partial charge is 0.342 e. The zero-order valence-electron chi connectivity index (χ0n) is 9.45. The molecule has 87 valence electrons. The van der Waals surface area contributed by atoms with E-state index in [9.17, 15) is 0 Å². The third-order valence-corrected chi connectivity index (χ3v) is 3.28. The van der Waals surface area contributed by atoms with Crippen LogP contribution in [-0.4, -0.2) is 6.54 Å². The Balaban J connectivity index is 2.39. The molecule has 2 aromatic carbocycles. The first-order valence-electron chi connectivity index (χ1n) is 5.41. The van der Waals surface area contributed by atoms with Crippen molar-refractivity contribution in [2.75, 3.05) is 11.4 Å². The summed E-state index contributed by atoms with van der Waals surface area (Å²) in [5.74, 6) is 0. The molecule has 0 amide bonds. The number of nitrogens with zero attached hydrogens (tertiary/aromatic N) is 1. The molecule has 0 fully saturated rings. The van der Waals surface area contributed by atoms with Crippen LogP contribution in [0.4, 0.5) is 11.4 Å². The van der Waals surface area contributed by atoms with Crippen molar-refractivity contribution in [1.29, 1.82) is 0 Å². The fourth-order valence-corrected chi connectivity index (χ4v) is 2.02. The van der Waals surface area contributed by atoms with E-state index in [1.165, 1.54) is 0 Å². The summed E-state index contributed by atoms with van der Waals surface area (Å²) in [6.07, 6.45) is 0. The highest BCUT2D eigenvalue weighted by molar-refractivity contribution is 6.42. The van der Waals surface area contributed by atoms with Crippen molar-refractivity contribution >= 4 is 34.6 Å². The maximum absolute atomic E-state index is 6.04. The van der Waals surface area contributed by atoms with E-state index in [0.29, 0.717) is 10.0 Å². The Bertz CT molecular complexity index is 497. The molecule has 0 aliphatic heterocycles. The lowest BCUT2D eigenvalue weighted by atomic mass is 10.2. The number of hydrogen-bond donors (Lipinski definition) is 0. The molecule has 1 radical (unpaired) electrons. The number of halogens is 2. The van der Waals surface area contributed by atoms with Gasteiger partial charge in [0.25, 0.3) is 0 Å². The highest BCUT2D eigenvalue weighted by Crippen LogP contribution is 2.30. The summed E-state index contributed by atoms with van der Waals surface area (Å²) in [5.41, 5.74) is 2.15. The first-order chi connectivity index (χ1) is 8.22. The molecular formula is C14H12Cl2N. The van der Waals surface area contributed by atoms with Crippen LogP contribution in [-0.2, 0) is 0 Å². The standard InChI is InChI=1S/C14H12Cl2N/c1-2-17(11-6-4-3-5-7-11)12-8-9-13(15)14(16)10-12/h4-10H,2H2,1H3. The minimum Gasteiger partial charge on any atom is -0.342 e. The van der Waals surface area contributed by atoms with Crippen LogP contribution in [0.5, 0.6) is 0 Å². The predicted molar refractivity (Wildman–Crippen MR) is 74.4 cm³/mol. The lowest BCUT2D eigenvalue weighted by Crippen LogP contribution is -2.15. The number of benzene rings is 2. The van der Waals surface area contributed by atoms with Gasteiger partial charge in [-0.25, -0.2) is 0 Å². The molecule has 3 heteroatoms. The summed E-state index contributed by atoms with van der Waals surface area (Å²) in [6.45, 7) is 2.96. The number of anilines is 2. The first kappa shape index (κ1) is 12.3. The molecule has 0 heterocycles. The van der Waals surface area contributed by atoms with Gasteiger partial charge >= 0.3 is 0 Å². The van der Waals surface area contributed by atoms with Gasteiger partial charge in [0.2, 0.25) is 0 Å². The molecule has 0 spiro atoms. The van der Waals surface area contributed by atoms with Crippen molar-refractivity contribution < 1.29 is 0 Å². The van der Waals surface area contributed by atoms with Crippen molar-refractivity contribution in [2.24, 2.45) is 0 Å². The smallest absolute Gasteiger partial charge is 0.0613 e. The lowest BCUT2D eigenvalue weighted by molar-refractivity contribution is 1.02. The van der Waals surface area contributed by atoms with E-state index in [0.717, 1.165) is 17.9 Å². The molecule has 0 bridgehead atoms. The molecule has 0 unspecified atom stereocenters. The summed E-state index contributed by atoms with van der Waals surface area (Å²) in [7, 11) is 0. The fraction of sp³-hybridized carbons (Fsp3) is 0.143. The van der Waals surface area contributed by atoms with Gasteiger partial charge in [-0.1, -0.05) is 35.3 Å². The normalized spacial score (nSPS) is 10.3. The van der Waals surface area contributed by atoms with E-state index in [1.807, 2.05) is 42.5 Å². The topological polar surface area (TPSA) is 3.24 Å². The minimum atomic E-state index is 0.574. The highest BCUT2D eigenvalue weighted by Gasteiger charge is 2.08. The van der Waals surface area contributed by atoms with Crippen molar-refractivity contribution in [3.8, 4) is 0 Å². The monoisotopic (exact) mass is 264 g/mol. The van der Waals surface area contributed by atoms with Crippen molar-refractivity contribution in [3.05, 3.63) is 58.6 Å². The summed E-state index contributed by atoms with van der Waals surface area (Å²) in [4.78, 5) is 2.16. The molecule has 1 nitrogen and oxygen atoms in total. The molecule has 0 aliphatic carbocycles. The molecule has 17 heavy (non-hydrogen) atoms. The Labute approximate surface area is 112 Å². The van der Waals surface area contributed by atoms with Crippen LogP contribution in [0.25, 0.3) is 0 Å². The van der Waals surface area contributed by atoms with Gasteiger partial charge in [0.15, 0.2) is 0 Å². The Morgan fingerprint density at radius 3 is 2.29 bits per heavy atom. The predicted octanol–water partition coefficient (Wildman–Crippen LogP) is 4.95. The summed E-state index contributed by atoms with van der Waals surface area (Å²) < 4.78 is 0. The molecule has 2 aromatic rings. The van der Waals surface area contributed by atoms with Gasteiger partial charge in [0.05, 0.1) is 10.0 Å². The van der Waals surface area contributed by atoms with E-state index < -0.39 is 0 Å². The molecular weight excluding hydrogens is 253 g/mol. The van der Waals surface area contributed by atoms with Gasteiger partial charge in [-0.15, -0.1) is 0 Å². The van der Waals surface area contributed by atoms with Crippen molar-refractivity contribution in [3.63, 3.8) is 0 Å². The Hall–Kier alpha value is -1.18. The van der Waals surface area contributed by atoms with E-state index >= 15 is 0 Å². The van der Waals surface area contributed by atoms with Crippen molar-refractivity contribution in [1.82, 2.24) is 0 Å². The average molecular weight is 265 g/mol. The number of rotatable bonds is 3. The Morgan fingerprint density at radius 2 is 1.71 bits per heavy atom. The summed E-state index contributed by atoms with van der Waals surface area (Å²) >= 11 is 12.0. The zero-order chi connectivity index (χ0) is 12.3. The van der Waals surface area contributed by atoms with Crippen molar-refractivity contribution in [2.45, 2.75) is 6.92 Å². The molecule has 0 N–H and O–H groups in total. The van der Waals surface area contributed by atoms with Crippen LogP contribution in [0, 0.1) is 6.07 Å². The van der Waals surface area contributed by atoms with Gasteiger partial charge in [-0.3, -0.25) is 0 Å². The molecule has 0 aliphatic rings. The van der Waals surface area contributed by atoms with Crippen LogP contribution >= 0.6 is 23.2 Å². The van der Waals surface area contributed by atoms with Gasteiger partial charge < -0.3 is 4.90 Å². The second-order valence-corrected chi connectivity index (χ2v) is 4.42. The Kier molecular flexibility index (Phi) is 3.93. The highest BCUT2D eigenvalue weighted by atomic mass is 35.5. The van der Waals surface area contributed by atoms with E-state index in [1.54, 1.807) is 0 Å². The first-order valence-corrected chi connectivity index (χ1v) is 6.16. The van der Waals surface area contributed by atoms with Crippen LogP contribution < -0.4 is 4.90 Å². The number of hydrogen-bond acceptors (Lipinski definition) is 1. The lowest BCUT2D eigenvalue weighted by Gasteiger charge is -2.23. The molecule has 0 aromatic heterocycles.